The van der Waals surface area contributed by atoms with Gasteiger partial charge in [-0.05, 0) is 54.7 Å². The van der Waals surface area contributed by atoms with Crippen molar-refractivity contribution in [2.45, 2.75) is 38.5 Å². The summed E-state index contributed by atoms with van der Waals surface area (Å²) in [6, 6.07) is 13.1. The summed E-state index contributed by atoms with van der Waals surface area (Å²) < 4.78 is 13.6. The van der Waals surface area contributed by atoms with Crippen LogP contribution in [0.5, 0.6) is 0 Å². The predicted octanol–water partition coefficient (Wildman–Crippen LogP) is 3.80. The highest BCUT2D eigenvalue weighted by Gasteiger charge is 2.34. The van der Waals surface area contributed by atoms with Crippen LogP contribution in [0, 0.1) is 23.1 Å². The monoisotopic (exact) mass is 408 g/mol. The van der Waals surface area contributed by atoms with Gasteiger partial charge in [-0.2, -0.15) is 0 Å². The SMILES string of the molecule is O=C(CC1(CNC(=O)c2ccc(C#Cc3ccccc3F)cc2)CCCCC1)NO. The molecule has 5 nitrogen and oxygen atoms in total. The Balaban J connectivity index is 1.63. The van der Waals surface area contributed by atoms with Crippen molar-refractivity contribution in [3.63, 3.8) is 0 Å². The molecule has 156 valence electrons. The lowest BCUT2D eigenvalue weighted by atomic mass is 9.71. The molecule has 2 amide bonds. The Morgan fingerprint density at radius 3 is 2.37 bits per heavy atom. The first kappa shape index (κ1) is 21.5. The van der Waals surface area contributed by atoms with E-state index in [-0.39, 0.29) is 23.6 Å². The zero-order chi connectivity index (χ0) is 21.4. The Bertz CT molecular complexity index is 954. The number of rotatable bonds is 5. The van der Waals surface area contributed by atoms with Crippen LogP contribution in [0.3, 0.4) is 0 Å². The normalized spacial score (nSPS) is 14.9. The number of carbonyl (C=O) groups excluding carboxylic acids is 2. The molecular formula is C24H25FN2O3. The van der Waals surface area contributed by atoms with E-state index in [9.17, 15) is 14.0 Å². The number of amides is 2. The molecule has 6 heteroatoms. The highest BCUT2D eigenvalue weighted by Crippen LogP contribution is 2.38. The van der Waals surface area contributed by atoms with Crippen LogP contribution >= 0.6 is 0 Å². The fourth-order valence-electron chi connectivity index (χ4n) is 3.87. The lowest BCUT2D eigenvalue weighted by molar-refractivity contribution is -0.132. The van der Waals surface area contributed by atoms with Gasteiger partial charge in [0.1, 0.15) is 5.82 Å². The zero-order valence-corrected chi connectivity index (χ0v) is 16.7. The van der Waals surface area contributed by atoms with Crippen LogP contribution in [-0.2, 0) is 4.79 Å². The molecular weight excluding hydrogens is 383 g/mol. The van der Waals surface area contributed by atoms with Crippen molar-refractivity contribution in [1.29, 1.82) is 0 Å². The van der Waals surface area contributed by atoms with Gasteiger partial charge in [-0.3, -0.25) is 14.8 Å². The minimum Gasteiger partial charge on any atom is -0.351 e. The molecule has 0 bridgehead atoms. The van der Waals surface area contributed by atoms with Crippen LogP contribution in [-0.4, -0.2) is 23.6 Å². The van der Waals surface area contributed by atoms with Gasteiger partial charge in [-0.25, -0.2) is 9.87 Å². The maximum absolute atomic E-state index is 13.6. The van der Waals surface area contributed by atoms with Gasteiger partial charge in [0, 0.05) is 24.1 Å². The highest BCUT2D eigenvalue weighted by molar-refractivity contribution is 5.94. The molecule has 30 heavy (non-hydrogen) atoms. The molecule has 3 rings (SSSR count). The van der Waals surface area contributed by atoms with E-state index in [1.54, 1.807) is 47.9 Å². The Hall–Kier alpha value is -3.17. The van der Waals surface area contributed by atoms with Crippen molar-refractivity contribution < 1.29 is 19.2 Å². The van der Waals surface area contributed by atoms with Crippen LogP contribution in [0.2, 0.25) is 0 Å². The molecule has 0 saturated heterocycles. The fourth-order valence-corrected chi connectivity index (χ4v) is 3.87. The number of hydrogen-bond acceptors (Lipinski definition) is 3. The van der Waals surface area contributed by atoms with Gasteiger partial charge in [-0.15, -0.1) is 0 Å². The second-order valence-corrected chi connectivity index (χ2v) is 7.76. The van der Waals surface area contributed by atoms with Crippen LogP contribution < -0.4 is 10.8 Å². The maximum Gasteiger partial charge on any atom is 0.251 e. The van der Waals surface area contributed by atoms with Gasteiger partial charge < -0.3 is 5.32 Å². The number of hydrogen-bond donors (Lipinski definition) is 3. The van der Waals surface area contributed by atoms with E-state index in [1.165, 1.54) is 6.07 Å². The van der Waals surface area contributed by atoms with Crippen LogP contribution in [0.15, 0.2) is 48.5 Å². The first-order valence-corrected chi connectivity index (χ1v) is 10.1. The first-order valence-electron chi connectivity index (χ1n) is 10.1. The molecule has 0 spiro atoms. The molecule has 3 N–H and O–H groups in total. The quantitative estimate of drug-likeness (QED) is 0.400. The average molecular weight is 408 g/mol. The Labute approximate surface area is 175 Å². The molecule has 0 atom stereocenters. The minimum absolute atomic E-state index is 0.189. The summed E-state index contributed by atoms with van der Waals surface area (Å²) >= 11 is 0. The molecule has 0 unspecified atom stereocenters. The number of carbonyl (C=O) groups is 2. The van der Waals surface area contributed by atoms with E-state index < -0.39 is 5.91 Å². The lowest BCUT2D eigenvalue weighted by Crippen LogP contribution is -2.42. The van der Waals surface area contributed by atoms with E-state index in [4.69, 9.17) is 5.21 Å². The third-order valence-corrected chi connectivity index (χ3v) is 5.56. The van der Waals surface area contributed by atoms with Crippen molar-refractivity contribution in [2.24, 2.45) is 5.41 Å². The van der Waals surface area contributed by atoms with Crippen molar-refractivity contribution in [3.8, 4) is 11.8 Å². The first-order chi connectivity index (χ1) is 14.5. The zero-order valence-electron chi connectivity index (χ0n) is 16.7. The predicted molar refractivity (Wildman–Crippen MR) is 111 cm³/mol. The third-order valence-electron chi connectivity index (χ3n) is 5.56. The summed E-state index contributed by atoms with van der Waals surface area (Å²) in [6.45, 7) is 0.383. The van der Waals surface area contributed by atoms with Gasteiger partial charge in [0.2, 0.25) is 5.91 Å². The third kappa shape index (κ3) is 5.68. The summed E-state index contributed by atoms with van der Waals surface area (Å²) in [7, 11) is 0. The van der Waals surface area contributed by atoms with Crippen LogP contribution in [0.4, 0.5) is 4.39 Å². The molecule has 1 aliphatic carbocycles. The standard InChI is InChI=1S/C24H25FN2O3/c25-21-7-3-2-6-19(21)11-8-18-9-12-20(13-10-18)23(29)26-17-24(16-22(28)27-30)14-4-1-5-15-24/h2-3,6-7,9-10,12-13,30H,1,4-5,14-17H2,(H,26,29)(H,27,28). The van der Waals surface area contributed by atoms with Crippen LogP contribution in [0.25, 0.3) is 0 Å². The van der Waals surface area contributed by atoms with Gasteiger partial charge in [0.25, 0.3) is 5.91 Å². The average Bonchev–Trinajstić information content (AvgIpc) is 2.78. The Kier molecular flexibility index (Phi) is 7.21. The molecule has 2 aromatic carbocycles. The molecule has 2 aromatic rings. The number of hydroxylamine groups is 1. The van der Waals surface area contributed by atoms with E-state index in [0.29, 0.717) is 23.2 Å². The summed E-state index contributed by atoms with van der Waals surface area (Å²) in [5.74, 6) is 4.67. The van der Waals surface area contributed by atoms with E-state index in [1.807, 2.05) is 0 Å². The second kappa shape index (κ2) is 10.0. The molecule has 0 aliphatic heterocycles. The summed E-state index contributed by atoms with van der Waals surface area (Å²) in [6.07, 6.45) is 4.99. The fraction of sp³-hybridized carbons (Fsp3) is 0.333. The van der Waals surface area contributed by atoms with E-state index in [2.05, 4.69) is 17.2 Å². The van der Waals surface area contributed by atoms with E-state index >= 15 is 0 Å². The van der Waals surface area contributed by atoms with Gasteiger partial charge in [-0.1, -0.05) is 43.2 Å². The molecule has 1 fully saturated rings. The minimum atomic E-state index is -0.427. The van der Waals surface area contributed by atoms with Crippen molar-refractivity contribution >= 4 is 11.8 Å². The van der Waals surface area contributed by atoms with Crippen molar-refractivity contribution in [1.82, 2.24) is 10.8 Å². The van der Waals surface area contributed by atoms with E-state index in [0.717, 1.165) is 32.1 Å². The molecule has 0 heterocycles. The summed E-state index contributed by atoms with van der Waals surface area (Å²) in [5, 5.41) is 11.8. The molecule has 0 radical (unpaired) electrons. The van der Waals surface area contributed by atoms with Crippen LogP contribution in [0.1, 0.15) is 60.0 Å². The maximum atomic E-state index is 13.6. The topological polar surface area (TPSA) is 78.4 Å². The summed E-state index contributed by atoms with van der Waals surface area (Å²) in [4.78, 5) is 24.3. The molecule has 1 aliphatic rings. The molecule has 0 aromatic heterocycles. The highest BCUT2D eigenvalue weighted by atomic mass is 19.1. The van der Waals surface area contributed by atoms with Crippen molar-refractivity contribution in [3.05, 3.63) is 71.0 Å². The second-order valence-electron chi connectivity index (χ2n) is 7.76. The lowest BCUT2D eigenvalue weighted by Gasteiger charge is -2.36. The Morgan fingerprint density at radius 1 is 1.00 bits per heavy atom. The van der Waals surface area contributed by atoms with Gasteiger partial charge in [0.05, 0.1) is 5.56 Å². The Morgan fingerprint density at radius 2 is 1.70 bits per heavy atom. The smallest absolute Gasteiger partial charge is 0.251 e. The summed E-state index contributed by atoms with van der Waals surface area (Å²) in [5.41, 5.74) is 2.87. The van der Waals surface area contributed by atoms with Gasteiger partial charge >= 0.3 is 0 Å². The molecule has 1 saturated carbocycles. The van der Waals surface area contributed by atoms with Crippen molar-refractivity contribution in [2.75, 3.05) is 6.54 Å². The number of nitrogens with one attached hydrogen (secondary N) is 2. The number of benzene rings is 2. The number of halogens is 1. The largest absolute Gasteiger partial charge is 0.351 e. The van der Waals surface area contributed by atoms with Gasteiger partial charge in [0.15, 0.2) is 0 Å².